The highest BCUT2D eigenvalue weighted by Crippen LogP contribution is 2.25. The maximum absolute atomic E-state index is 12.3. The van der Waals surface area contributed by atoms with Crippen molar-refractivity contribution in [2.45, 2.75) is 6.61 Å². The second-order valence-electron chi connectivity index (χ2n) is 4.10. The topological polar surface area (TPSA) is 64.7 Å². The van der Waals surface area contributed by atoms with Gasteiger partial charge in [0.25, 0.3) is 5.69 Å². The fourth-order valence-corrected chi connectivity index (χ4v) is 2.31. The van der Waals surface area contributed by atoms with Crippen LogP contribution in [0.4, 0.5) is 20.2 Å². The molecule has 22 heavy (non-hydrogen) atoms. The van der Waals surface area contributed by atoms with Crippen LogP contribution in [0, 0.1) is 13.7 Å². The van der Waals surface area contributed by atoms with E-state index in [0.717, 1.165) is 0 Å². The van der Waals surface area contributed by atoms with Crippen molar-refractivity contribution >= 4 is 40.2 Å². The highest BCUT2D eigenvalue weighted by Gasteiger charge is 2.09. The normalized spacial score (nSPS) is 11.1. The minimum absolute atomic E-state index is 0.0126. The summed E-state index contributed by atoms with van der Waals surface area (Å²) in [6.07, 6.45) is 1.33. The number of para-hydroxylation sites is 1. The van der Waals surface area contributed by atoms with Crippen LogP contribution in [0.1, 0.15) is 5.56 Å². The molecule has 2 aromatic rings. The number of halogens is 3. The van der Waals surface area contributed by atoms with Crippen LogP contribution in [-0.2, 0) is 0 Å². The van der Waals surface area contributed by atoms with Gasteiger partial charge in [0.2, 0.25) is 0 Å². The molecule has 0 radical (unpaired) electrons. The van der Waals surface area contributed by atoms with E-state index < -0.39 is 11.5 Å². The molecule has 0 spiro atoms. The van der Waals surface area contributed by atoms with Gasteiger partial charge in [-0.1, -0.05) is 12.1 Å². The van der Waals surface area contributed by atoms with Gasteiger partial charge in [0.15, 0.2) is 0 Å². The van der Waals surface area contributed by atoms with Crippen molar-refractivity contribution < 1.29 is 18.4 Å². The van der Waals surface area contributed by atoms with Crippen LogP contribution in [0.2, 0.25) is 0 Å². The van der Waals surface area contributed by atoms with Gasteiger partial charge in [-0.2, -0.15) is 8.78 Å². The standard InChI is InChI=1S/C14H9F2IN2O3/c15-14(16)22-13-4-2-1-3-9(13)8-18-11-5-10(17)6-12(7-11)19(20)21/h1-8,14H. The number of aliphatic imine (C=N–C) groups is 1. The predicted molar refractivity (Wildman–Crippen MR) is 86.1 cm³/mol. The van der Waals surface area contributed by atoms with Gasteiger partial charge >= 0.3 is 6.61 Å². The first kappa shape index (κ1) is 16.3. The molecule has 0 fully saturated rings. The largest absolute Gasteiger partial charge is 0.434 e. The van der Waals surface area contributed by atoms with Crippen LogP contribution in [-0.4, -0.2) is 17.7 Å². The second kappa shape index (κ2) is 7.25. The third kappa shape index (κ3) is 4.45. The highest BCUT2D eigenvalue weighted by molar-refractivity contribution is 14.1. The number of nitro groups is 1. The third-order valence-corrected chi connectivity index (χ3v) is 3.19. The fraction of sp³-hybridized carbons (Fsp3) is 0.0714. The molecule has 114 valence electrons. The quantitative estimate of drug-likeness (QED) is 0.310. The molecule has 0 N–H and O–H groups in total. The summed E-state index contributed by atoms with van der Waals surface area (Å²) in [5, 5.41) is 10.8. The predicted octanol–water partition coefficient (Wildman–Crippen LogP) is 4.55. The number of nitrogens with zero attached hydrogens (tertiary/aromatic N) is 2. The number of non-ortho nitro benzene ring substituents is 1. The molecule has 0 bridgehead atoms. The van der Waals surface area contributed by atoms with Crippen LogP contribution >= 0.6 is 22.6 Å². The zero-order valence-corrected chi connectivity index (χ0v) is 13.1. The lowest BCUT2D eigenvalue weighted by Crippen LogP contribution is -2.03. The number of hydrogen-bond acceptors (Lipinski definition) is 4. The maximum Gasteiger partial charge on any atom is 0.387 e. The first-order valence-corrected chi connectivity index (χ1v) is 7.06. The molecular formula is C14H9F2IN2O3. The lowest BCUT2D eigenvalue weighted by Gasteiger charge is -2.06. The van der Waals surface area contributed by atoms with Crippen LogP contribution in [0.3, 0.4) is 0 Å². The Labute approximate surface area is 137 Å². The zero-order chi connectivity index (χ0) is 16.1. The van der Waals surface area contributed by atoms with Gasteiger partial charge in [0.1, 0.15) is 5.75 Å². The number of rotatable bonds is 5. The molecule has 0 unspecified atom stereocenters. The van der Waals surface area contributed by atoms with Crippen molar-refractivity contribution in [2.75, 3.05) is 0 Å². The Hall–Kier alpha value is -2.10. The van der Waals surface area contributed by atoms with E-state index in [9.17, 15) is 18.9 Å². The monoisotopic (exact) mass is 418 g/mol. The van der Waals surface area contributed by atoms with Gasteiger partial charge in [-0.3, -0.25) is 15.1 Å². The van der Waals surface area contributed by atoms with Gasteiger partial charge in [0, 0.05) is 27.5 Å². The summed E-state index contributed by atoms with van der Waals surface area (Å²) < 4.78 is 29.7. The minimum Gasteiger partial charge on any atom is -0.434 e. The summed E-state index contributed by atoms with van der Waals surface area (Å²) in [6.45, 7) is -2.94. The average Bonchev–Trinajstić information content (AvgIpc) is 2.45. The van der Waals surface area contributed by atoms with E-state index in [2.05, 4.69) is 9.73 Å². The Morgan fingerprint density at radius 3 is 2.68 bits per heavy atom. The number of benzene rings is 2. The van der Waals surface area contributed by atoms with Crippen molar-refractivity contribution in [3.63, 3.8) is 0 Å². The molecule has 8 heteroatoms. The molecule has 2 aromatic carbocycles. The number of hydrogen-bond donors (Lipinski definition) is 0. The zero-order valence-electron chi connectivity index (χ0n) is 10.9. The summed E-state index contributed by atoms with van der Waals surface area (Å²) in [7, 11) is 0. The Morgan fingerprint density at radius 1 is 1.27 bits per heavy atom. The maximum atomic E-state index is 12.3. The van der Waals surface area contributed by atoms with E-state index in [1.165, 1.54) is 24.4 Å². The average molecular weight is 418 g/mol. The number of alkyl halides is 2. The van der Waals surface area contributed by atoms with Gasteiger partial charge in [-0.25, -0.2) is 0 Å². The molecule has 0 saturated heterocycles. The molecule has 5 nitrogen and oxygen atoms in total. The molecule has 0 aliphatic heterocycles. The summed E-state index contributed by atoms with van der Waals surface area (Å²) in [4.78, 5) is 14.4. The third-order valence-electron chi connectivity index (χ3n) is 2.57. The van der Waals surface area contributed by atoms with Gasteiger partial charge in [-0.15, -0.1) is 0 Å². The summed E-state index contributed by atoms with van der Waals surface area (Å²) >= 11 is 1.94. The van der Waals surface area contributed by atoms with Crippen LogP contribution < -0.4 is 4.74 Å². The SMILES string of the molecule is O=[N+]([O-])c1cc(I)cc(N=Cc2ccccc2OC(F)F)c1. The van der Waals surface area contributed by atoms with Crippen molar-refractivity contribution in [2.24, 2.45) is 4.99 Å². The second-order valence-corrected chi connectivity index (χ2v) is 5.34. The lowest BCUT2D eigenvalue weighted by molar-refractivity contribution is -0.384. The Morgan fingerprint density at radius 2 is 2.00 bits per heavy atom. The van der Waals surface area contributed by atoms with Crippen molar-refractivity contribution in [1.29, 1.82) is 0 Å². The molecule has 0 aliphatic carbocycles. The van der Waals surface area contributed by atoms with Gasteiger partial charge in [-0.05, 0) is 40.8 Å². The first-order chi connectivity index (χ1) is 10.5. The summed E-state index contributed by atoms with van der Waals surface area (Å²) in [6, 6.07) is 10.5. The van der Waals surface area contributed by atoms with E-state index in [4.69, 9.17) is 0 Å². The van der Waals surface area contributed by atoms with E-state index in [1.807, 2.05) is 22.6 Å². The van der Waals surface area contributed by atoms with Crippen LogP contribution in [0.15, 0.2) is 47.5 Å². The van der Waals surface area contributed by atoms with E-state index in [1.54, 1.807) is 24.3 Å². The Bertz CT molecular complexity index is 723. The van der Waals surface area contributed by atoms with Crippen molar-refractivity contribution in [3.05, 3.63) is 61.7 Å². The molecule has 0 amide bonds. The Kier molecular flexibility index (Phi) is 5.36. The molecule has 0 saturated carbocycles. The molecule has 0 atom stereocenters. The lowest BCUT2D eigenvalue weighted by atomic mass is 10.2. The molecule has 0 aromatic heterocycles. The van der Waals surface area contributed by atoms with E-state index >= 15 is 0 Å². The molecular weight excluding hydrogens is 409 g/mol. The summed E-state index contributed by atoms with van der Waals surface area (Å²) in [5.41, 5.74) is 0.617. The van der Waals surface area contributed by atoms with Gasteiger partial charge in [0.05, 0.1) is 10.6 Å². The number of ether oxygens (including phenoxy) is 1. The van der Waals surface area contributed by atoms with E-state index in [0.29, 0.717) is 14.8 Å². The highest BCUT2D eigenvalue weighted by atomic mass is 127. The van der Waals surface area contributed by atoms with Crippen LogP contribution in [0.5, 0.6) is 5.75 Å². The molecule has 0 aliphatic rings. The van der Waals surface area contributed by atoms with Gasteiger partial charge < -0.3 is 4.74 Å². The van der Waals surface area contributed by atoms with Crippen molar-refractivity contribution in [1.82, 2.24) is 0 Å². The summed E-state index contributed by atoms with van der Waals surface area (Å²) in [5.74, 6) is -0.0126. The first-order valence-electron chi connectivity index (χ1n) is 5.98. The molecule has 2 rings (SSSR count). The molecule has 0 heterocycles. The fourth-order valence-electron chi connectivity index (χ4n) is 1.67. The van der Waals surface area contributed by atoms with Crippen LogP contribution in [0.25, 0.3) is 0 Å². The number of nitro benzene ring substituents is 1. The van der Waals surface area contributed by atoms with Crippen molar-refractivity contribution in [3.8, 4) is 5.75 Å². The minimum atomic E-state index is -2.94. The smallest absolute Gasteiger partial charge is 0.387 e. The Balaban J connectivity index is 2.31. The van der Waals surface area contributed by atoms with E-state index in [-0.39, 0.29) is 11.4 Å².